The molecule has 1 aliphatic rings. The first-order valence-electron chi connectivity index (χ1n) is 5.44. The van der Waals surface area contributed by atoms with E-state index in [-0.39, 0.29) is 0 Å². The monoisotopic (exact) mass is 218 g/mol. The van der Waals surface area contributed by atoms with E-state index in [1.54, 1.807) is 11.6 Å². The predicted octanol–water partition coefficient (Wildman–Crippen LogP) is 1.26. The molecule has 1 fully saturated rings. The highest BCUT2D eigenvalue weighted by Crippen LogP contribution is 2.27. The fourth-order valence-electron chi connectivity index (χ4n) is 1.95. The van der Waals surface area contributed by atoms with Crippen molar-refractivity contribution in [1.82, 2.24) is 14.6 Å². The van der Waals surface area contributed by atoms with Crippen LogP contribution in [0.4, 0.5) is 5.69 Å². The number of hydrogen-bond donors (Lipinski definition) is 0. The maximum Gasteiger partial charge on any atom is 0.198 e. The third-order valence-electron chi connectivity index (χ3n) is 2.93. The lowest BCUT2D eigenvalue weighted by molar-refractivity contribution is 0.416. The number of pyridine rings is 1. The Balaban J connectivity index is 2.16. The van der Waals surface area contributed by atoms with Crippen molar-refractivity contribution in [1.29, 1.82) is 0 Å². The zero-order valence-corrected chi connectivity index (χ0v) is 9.47. The highest BCUT2D eigenvalue weighted by Gasteiger charge is 2.17. The maximum absolute atomic E-state index is 5.35. The van der Waals surface area contributed by atoms with Crippen molar-refractivity contribution in [2.24, 2.45) is 0 Å². The van der Waals surface area contributed by atoms with Crippen molar-refractivity contribution in [3.05, 3.63) is 18.1 Å². The summed E-state index contributed by atoms with van der Waals surface area (Å²) in [6.07, 6.45) is 3.27. The number of rotatable bonds is 2. The summed E-state index contributed by atoms with van der Waals surface area (Å²) in [6, 6.07) is 2.03. The summed E-state index contributed by atoms with van der Waals surface area (Å²) >= 11 is 0. The van der Waals surface area contributed by atoms with Crippen LogP contribution in [0.15, 0.2) is 12.3 Å². The lowest BCUT2D eigenvalue weighted by Crippen LogP contribution is -2.37. The highest BCUT2D eigenvalue weighted by atomic mass is 16.5. The van der Waals surface area contributed by atoms with E-state index < -0.39 is 0 Å². The Morgan fingerprint density at radius 3 is 2.81 bits per heavy atom. The Bertz CT molecular complexity index is 530. The van der Waals surface area contributed by atoms with Crippen molar-refractivity contribution in [3.8, 4) is 5.75 Å². The lowest BCUT2D eigenvalue weighted by atomic mass is 10.2. The molecule has 0 saturated carbocycles. The summed E-state index contributed by atoms with van der Waals surface area (Å²) in [5, 5.41) is 4.32. The molecule has 5 heteroatoms. The van der Waals surface area contributed by atoms with Crippen LogP contribution in [0.2, 0.25) is 0 Å². The third kappa shape index (κ3) is 1.31. The summed E-state index contributed by atoms with van der Waals surface area (Å²) in [6.45, 7) is 4.11. The number of methoxy groups -OCH3 is 1. The number of anilines is 1. The summed E-state index contributed by atoms with van der Waals surface area (Å²) in [5.74, 6) is 1.55. The quantitative estimate of drug-likeness (QED) is 0.761. The first-order valence-corrected chi connectivity index (χ1v) is 5.44. The fourth-order valence-corrected chi connectivity index (χ4v) is 1.95. The van der Waals surface area contributed by atoms with E-state index in [2.05, 4.69) is 15.0 Å². The molecule has 0 N–H and O–H groups in total. The van der Waals surface area contributed by atoms with Crippen molar-refractivity contribution < 1.29 is 4.74 Å². The molecule has 0 atom stereocenters. The molecule has 0 unspecified atom stereocenters. The molecule has 1 aliphatic heterocycles. The largest absolute Gasteiger partial charge is 0.493 e. The second-order valence-electron chi connectivity index (χ2n) is 4.03. The Hall–Kier alpha value is -1.78. The number of aromatic nitrogens is 3. The molecule has 5 nitrogen and oxygen atoms in total. The van der Waals surface area contributed by atoms with Crippen molar-refractivity contribution >= 4 is 11.3 Å². The summed E-state index contributed by atoms with van der Waals surface area (Å²) in [5.41, 5.74) is 1.93. The maximum atomic E-state index is 5.35. The Kier molecular flexibility index (Phi) is 1.99. The van der Waals surface area contributed by atoms with Gasteiger partial charge in [-0.3, -0.25) is 0 Å². The van der Waals surface area contributed by atoms with E-state index in [4.69, 9.17) is 4.74 Å². The van der Waals surface area contributed by atoms with Crippen molar-refractivity contribution in [3.63, 3.8) is 0 Å². The van der Waals surface area contributed by atoms with Gasteiger partial charge in [-0.15, -0.1) is 0 Å². The summed E-state index contributed by atoms with van der Waals surface area (Å²) in [4.78, 5) is 6.64. The van der Waals surface area contributed by atoms with Gasteiger partial charge in [0.2, 0.25) is 0 Å². The van der Waals surface area contributed by atoms with Gasteiger partial charge in [-0.1, -0.05) is 0 Å². The second-order valence-corrected chi connectivity index (χ2v) is 4.03. The predicted molar refractivity (Wildman–Crippen MR) is 61.1 cm³/mol. The van der Waals surface area contributed by atoms with Gasteiger partial charge in [0.05, 0.1) is 19.0 Å². The fraction of sp³-hybridized carbons (Fsp3) is 0.455. The van der Waals surface area contributed by atoms with E-state index in [0.29, 0.717) is 0 Å². The van der Waals surface area contributed by atoms with E-state index in [1.807, 2.05) is 19.2 Å². The van der Waals surface area contributed by atoms with Gasteiger partial charge in [0.1, 0.15) is 5.82 Å². The number of fused-ring (bicyclic) bond motifs is 1. The van der Waals surface area contributed by atoms with Gasteiger partial charge in [-0.2, -0.15) is 5.10 Å². The van der Waals surface area contributed by atoms with Crippen LogP contribution in [0.5, 0.6) is 5.75 Å². The zero-order valence-electron chi connectivity index (χ0n) is 9.47. The summed E-state index contributed by atoms with van der Waals surface area (Å²) < 4.78 is 7.14. The van der Waals surface area contributed by atoms with Crippen LogP contribution in [-0.2, 0) is 0 Å². The van der Waals surface area contributed by atoms with Gasteiger partial charge < -0.3 is 9.64 Å². The molecule has 84 valence electrons. The van der Waals surface area contributed by atoms with Gasteiger partial charge in [-0.05, 0) is 13.3 Å². The molecule has 0 radical (unpaired) electrons. The van der Waals surface area contributed by atoms with Crippen LogP contribution < -0.4 is 9.64 Å². The Morgan fingerprint density at radius 1 is 1.38 bits per heavy atom. The Labute approximate surface area is 93.6 Å². The Morgan fingerprint density at radius 2 is 2.19 bits per heavy atom. The average Bonchev–Trinajstić information content (AvgIpc) is 2.54. The minimum Gasteiger partial charge on any atom is -0.493 e. The topological polar surface area (TPSA) is 42.7 Å². The first kappa shape index (κ1) is 9.45. The van der Waals surface area contributed by atoms with Gasteiger partial charge >= 0.3 is 0 Å². The number of aryl methyl sites for hydroxylation is 1. The minimum absolute atomic E-state index is 0.763. The summed E-state index contributed by atoms with van der Waals surface area (Å²) in [7, 11) is 1.67. The minimum atomic E-state index is 0.763. The van der Waals surface area contributed by atoms with Crippen LogP contribution in [0.3, 0.4) is 0 Å². The molecule has 3 rings (SSSR count). The molecule has 3 heterocycles. The van der Waals surface area contributed by atoms with Crippen LogP contribution in [0.1, 0.15) is 12.2 Å². The molecular weight excluding hydrogens is 204 g/mol. The second kappa shape index (κ2) is 3.37. The molecule has 0 bridgehead atoms. The van der Waals surface area contributed by atoms with Gasteiger partial charge in [0.25, 0.3) is 0 Å². The van der Waals surface area contributed by atoms with E-state index in [9.17, 15) is 0 Å². The molecule has 0 aromatic carbocycles. The standard InChI is InChI=1S/C11H14N4O/c1-8-12-11-10(16-2)6-9(7-15(11)13-8)14-4-3-5-14/h6-7H,3-5H2,1-2H3. The van der Waals surface area contributed by atoms with Crippen molar-refractivity contribution in [2.75, 3.05) is 25.1 Å². The van der Waals surface area contributed by atoms with Crippen LogP contribution in [-0.4, -0.2) is 34.8 Å². The van der Waals surface area contributed by atoms with Crippen LogP contribution >= 0.6 is 0 Å². The zero-order chi connectivity index (χ0) is 11.1. The average molecular weight is 218 g/mol. The first-order chi connectivity index (χ1) is 7.78. The van der Waals surface area contributed by atoms with Gasteiger partial charge in [-0.25, -0.2) is 9.50 Å². The number of hydrogen-bond acceptors (Lipinski definition) is 4. The molecule has 0 aliphatic carbocycles. The van der Waals surface area contributed by atoms with Gasteiger partial charge in [0, 0.05) is 19.2 Å². The van der Waals surface area contributed by atoms with E-state index in [1.165, 1.54) is 6.42 Å². The number of ether oxygens (including phenoxy) is 1. The molecule has 0 spiro atoms. The van der Waals surface area contributed by atoms with Gasteiger partial charge in [0.15, 0.2) is 11.4 Å². The van der Waals surface area contributed by atoms with Crippen LogP contribution in [0, 0.1) is 6.92 Å². The molecule has 0 amide bonds. The lowest BCUT2D eigenvalue weighted by Gasteiger charge is -2.33. The number of nitrogens with zero attached hydrogens (tertiary/aromatic N) is 4. The molecule has 2 aromatic heterocycles. The molecule has 1 saturated heterocycles. The van der Waals surface area contributed by atoms with Crippen LogP contribution in [0.25, 0.3) is 5.65 Å². The molecule has 16 heavy (non-hydrogen) atoms. The molecular formula is C11H14N4O. The normalized spacial score (nSPS) is 15.2. The third-order valence-corrected chi connectivity index (χ3v) is 2.93. The van der Waals surface area contributed by atoms with E-state index in [0.717, 1.165) is 36.0 Å². The van der Waals surface area contributed by atoms with E-state index >= 15 is 0 Å². The highest BCUT2D eigenvalue weighted by molar-refractivity contribution is 5.62. The SMILES string of the molecule is COc1cc(N2CCC2)cn2nc(C)nc12. The molecule has 2 aromatic rings. The van der Waals surface area contributed by atoms with Crippen molar-refractivity contribution in [2.45, 2.75) is 13.3 Å². The smallest absolute Gasteiger partial charge is 0.198 e.